The van der Waals surface area contributed by atoms with Crippen LogP contribution in [0.1, 0.15) is 44.9 Å². The van der Waals surface area contributed by atoms with Gasteiger partial charge in [-0.15, -0.1) is 0 Å². The molecule has 0 radical (unpaired) electrons. The van der Waals surface area contributed by atoms with E-state index in [-0.39, 0.29) is 12.0 Å². The van der Waals surface area contributed by atoms with Crippen molar-refractivity contribution in [1.82, 2.24) is 15.1 Å². The van der Waals surface area contributed by atoms with E-state index in [1.807, 2.05) is 51.1 Å². The summed E-state index contributed by atoms with van der Waals surface area (Å²) in [4.78, 5) is 14.0. The van der Waals surface area contributed by atoms with Gasteiger partial charge >= 0.3 is 6.09 Å². The summed E-state index contributed by atoms with van der Waals surface area (Å²) < 4.78 is 5.47. The minimum atomic E-state index is -1.24. The van der Waals surface area contributed by atoms with E-state index in [1.165, 1.54) is 0 Å². The first-order chi connectivity index (χ1) is 12.8. The molecule has 1 aromatic carbocycles. The van der Waals surface area contributed by atoms with Gasteiger partial charge in [-0.3, -0.25) is 0 Å². The molecule has 6 nitrogen and oxygen atoms in total. The first-order valence-corrected chi connectivity index (χ1v) is 9.35. The van der Waals surface area contributed by atoms with Crippen LogP contribution in [0.2, 0.25) is 0 Å². The topological polar surface area (TPSA) is 75.5 Å². The number of carbonyl (C=O) groups is 1. The van der Waals surface area contributed by atoms with Crippen molar-refractivity contribution >= 4 is 6.09 Å². The molecule has 1 aromatic heterocycles. The molecule has 1 atom stereocenters. The van der Waals surface area contributed by atoms with Gasteiger partial charge in [-0.1, -0.05) is 30.3 Å². The zero-order chi connectivity index (χ0) is 19.5. The fourth-order valence-electron chi connectivity index (χ4n) is 3.60. The van der Waals surface area contributed by atoms with Crippen LogP contribution in [-0.2, 0) is 10.3 Å². The van der Waals surface area contributed by atoms with Crippen molar-refractivity contribution in [1.29, 1.82) is 0 Å². The Morgan fingerprint density at radius 1 is 1.11 bits per heavy atom. The average Bonchev–Trinajstić information content (AvgIpc) is 2.67. The SMILES string of the molecule is CC(C)(C)OC(=O)N1CCC(C(O)(c2ccccc2)c2cccnn2)CC1. The second-order valence-corrected chi connectivity index (χ2v) is 7.98. The summed E-state index contributed by atoms with van der Waals surface area (Å²) in [7, 11) is 0. The summed E-state index contributed by atoms with van der Waals surface area (Å²) in [6.45, 7) is 6.66. The molecule has 0 saturated carbocycles. The first kappa shape index (κ1) is 19.3. The number of hydrogen-bond acceptors (Lipinski definition) is 5. The Labute approximate surface area is 160 Å². The third kappa shape index (κ3) is 4.27. The number of piperidine rings is 1. The predicted molar refractivity (Wildman–Crippen MR) is 102 cm³/mol. The lowest BCUT2D eigenvalue weighted by atomic mass is 9.74. The maximum Gasteiger partial charge on any atom is 0.410 e. The zero-order valence-corrected chi connectivity index (χ0v) is 16.1. The minimum Gasteiger partial charge on any atom is -0.444 e. The average molecular weight is 369 g/mol. The lowest BCUT2D eigenvalue weighted by molar-refractivity contribution is -0.0266. The molecule has 3 rings (SSSR count). The predicted octanol–water partition coefficient (Wildman–Crippen LogP) is 3.36. The van der Waals surface area contributed by atoms with Crippen molar-refractivity contribution in [2.24, 2.45) is 5.92 Å². The number of ether oxygens (including phenoxy) is 1. The van der Waals surface area contributed by atoms with Crippen LogP contribution in [0.25, 0.3) is 0 Å². The molecule has 1 fully saturated rings. The van der Waals surface area contributed by atoms with E-state index in [0.29, 0.717) is 31.6 Å². The van der Waals surface area contributed by atoms with E-state index in [9.17, 15) is 9.90 Å². The largest absolute Gasteiger partial charge is 0.444 e. The van der Waals surface area contributed by atoms with Crippen molar-refractivity contribution in [2.45, 2.75) is 44.8 Å². The van der Waals surface area contributed by atoms with Gasteiger partial charge in [0.25, 0.3) is 0 Å². The van der Waals surface area contributed by atoms with Crippen molar-refractivity contribution in [2.75, 3.05) is 13.1 Å². The maximum atomic E-state index is 12.3. The monoisotopic (exact) mass is 369 g/mol. The molecule has 1 N–H and O–H groups in total. The van der Waals surface area contributed by atoms with Crippen LogP contribution in [0, 0.1) is 5.92 Å². The molecule has 0 aliphatic carbocycles. The third-order valence-corrected chi connectivity index (χ3v) is 4.91. The van der Waals surface area contributed by atoms with Gasteiger partial charge in [-0.05, 0) is 51.3 Å². The lowest BCUT2D eigenvalue weighted by Gasteiger charge is -2.41. The van der Waals surface area contributed by atoms with E-state index < -0.39 is 11.2 Å². The molecule has 6 heteroatoms. The Kier molecular flexibility index (Phi) is 5.46. The summed E-state index contributed by atoms with van der Waals surface area (Å²) >= 11 is 0. The molecule has 1 saturated heterocycles. The molecular weight excluding hydrogens is 342 g/mol. The highest BCUT2D eigenvalue weighted by Crippen LogP contribution is 2.41. The Balaban J connectivity index is 1.81. The fourth-order valence-corrected chi connectivity index (χ4v) is 3.60. The number of aliphatic hydroxyl groups is 1. The molecule has 0 spiro atoms. The number of aromatic nitrogens is 2. The van der Waals surface area contributed by atoms with Crippen LogP contribution in [0.4, 0.5) is 4.79 Å². The Hall–Kier alpha value is -2.47. The van der Waals surface area contributed by atoms with Gasteiger partial charge < -0.3 is 14.7 Å². The van der Waals surface area contributed by atoms with Gasteiger partial charge in [0.1, 0.15) is 11.2 Å². The number of nitrogens with zero attached hydrogens (tertiary/aromatic N) is 3. The summed E-state index contributed by atoms with van der Waals surface area (Å²) in [5.41, 5.74) is -0.429. The van der Waals surface area contributed by atoms with Crippen molar-refractivity contribution in [3.63, 3.8) is 0 Å². The minimum absolute atomic E-state index is 0.0738. The van der Waals surface area contributed by atoms with E-state index in [4.69, 9.17) is 4.74 Å². The summed E-state index contributed by atoms with van der Waals surface area (Å²) in [6.07, 6.45) is 2.60. The van der Waals surface area contributed by atoms with Gasteiger partial charge in [-0.25, -0.2) is 4.79 Å². The molecule has 27 heavy (non-hydrogen) atoms. The second kappa shape index (κ2) is 7.64. The van der Waals surface area contributed by atoms with Crippen LogP contribution in [-0.4, -0.2) is 45.0 Å². The fraction of sp³-hybridized carbons (Fsp3) is 0.476. The summed E-state index contributed by atoms with van der Waals surface area (Å²) in [5, 5.41) is 19.9. The second-order valence-electron chi connectivity index (χ2n) is 7.98. The molecule has 144 valence electrons. The number of hydrogen-bond donors (Lipinski definition) is 1. The first-order valence-electron chi connectivity index (χ1n) is 9.35. The number of likely N-dealkylation sites (tertiary alicyclic amines) is 1. The maximum absolute atomic E-state index is 12.3. The standard InChI is InChI=1S/C21H27N3O3/c1-20(2,3)27-19(25)24-14-11-17(12-15-24)21(26,16-8-5-4-6-9-16)18-10-7-13-22-23-18/h4-10,13,17,26H,11-12,14-15H2,1-3H3. The molecule has 2 heterocycles. The summed E-state index contributed by atoms with van der Waals surface area (Å²) in [5.74, 6) is -0.0738. The Morgan fingerprint density at radius 2 is 1.78 bits per heavy atom. The van der Waals surface area contributed by atoms with E-state index in [0.717, 1.165) is 5.56 Å². The van der Waals surface area contributed by atoms with E-state index in [2.05, 4.69) is 10.2 Å². The molecule has 1 aliphatic rings. The van der Waals surface area contributed by atoms with Gasteiger partial charge in [0.05, 0.1) is 5.69 Å². The molecular formula is C21H27N3O3. The number of rotatable bonds is 3. The van der Waals surface area contributed by atoms with Crippen molar-refractivity contribution in [3.8, 4) is 0 Å². The van der Waals surface area contributed by atoms with Gasteiger partial charge in [-0.2, -0.15) is 10.2 Å². The zero-order valence-electron chi connectivity index (χ0n) is 16.1. The summed E-state index contributed by atoms with van der Waals surface area (Å²) in [6, 6.07) is 13.2. The highest BCUT2D eigenvalue weighted by atomic mass is 16.6. The van der Waals surface area contributed by atoms with E-state index >= 15 is 0 Å². The number of amides is 1. The molecule has 1 amide bonds. The van der Waals surface area contributed by atoms with Crippen LogP contribution in [0.3, 0.4) is 0 Å². The van der Waals surface area contributed by atoms with Gasteiger partial charge in [0.15, 0.2) is 0 Å². The van der Waals surface area contributed by atoms with Crippen LogP contribution in [0.15, 0.2) is 48.7 Å². The lowest BCUT2D eigenvalue weighted by Crippen LogP contribution is -2.47. The normalized spacial score (nSPS) is 18.0. The van der Waals surface area contributed by atoms with Crippen molar-refractivity contribution in [3.05, 3.63) is 59.9 Å². The molecule has 2 aromatic rings. The number of benzene rings is 1. The van der Waals surface area contributed by atoms with E-state index in [1.54, 1.807) is 23.2 Å². The highest BCUT2D eigenvalue weighted by Gasteiger charge is 2.43. The third-order valence-electron chi connectivity index (χ3n) is 4.91. The smallest absolute Gasteiger partial charge is 0.410 e. The van der Waals surface area contributed by atoms with Gasteiger partial charge in [0.2, 0.25) is 0 Å². The van der Waals surface area contributed by atoms with Crippen molar-refractivity contribution < 1.29 is 14.6 Å². The molecule has 0 bridgehead atoms. The van der Waals surface area contributed by atoms with Gasteiger partial charge in [0, 0.05) is 25.2 Å². The Morgan fingerprint density at radius 3 is 2.33 bits per heavy atom. The van der Waals surface area contributed by atoms with Crippen LogP contribution < -0.4 is 0 Å². The highest BCUT2D eigenvalue weighted by molar-refractivity contribution is 5.68. The van der Waals surface area contributed by atoms with Crippen LogP contribution in [0.5, 0.6) is 0 Å². The number of carbonyl (C=O) groups excluding carboxylic acids is 1. The molecule has 1 unspecified atom stereocenters. The quantitative estimate of drug-likeness (QED) is 0.898. The van der Waals surface area contributed by atoms with Crippen LogP contribution >= 0.6 is 0 Å². The molecule has 1 aliphatic heterocycles. The Bertz CT molecular complexity index is 712.